The largest absolute Gasteiger partial charge is 0.358 e. The number of nitrogens with zero attached hydrogens (tertiary/aromatic N) is 1. The summed E-state index contributed by atoms with van der Waals surface area (Å²) in [7, 11) is 3.05. The molecule has 0 aromatic heterocycles. The Labute approximate surface area is 104 Å². The van der Waals surface area contributed by atoms with Crippen molar-refractivity contribution in [3.05, 3.63) is 35.4 Å². The van der Waals surface area contributed by atoms with E-state index in [4.69, 9.17) is 0 Å². The van der Waals surface area contributed by atoms with Crippen LogP contribution in [0.2, 0.25) is 0 Å². The molecule has 0 aliphatic carbocycles. The van der Waals surface area contributed by atoms with Crippen LogP contribution in [0.25, 0.3) is 0 Å². The first kappa shape index (κ1) is 14.2. The zero-order valence-electron chi connectivity index (χ0n) is 10.2. The van der Waals surface area contributed by atoms with Gasteiger partial charge < -0.3 is 5.32 Å². The Morgan fingerprint density at radius 3 is 2.50 bits per heavy atom. The van der Waals surface area contributed by atoms with Gasteiger partial charge in [0, 0.05) is 13.1 Å². The molecular formula is C12H14F2N2O2. The summed E-state index contributed by atoms with van der Waals surface area (Å²) >= 11 is 0. The fourth-order valence-electron chi connectivity index (χ4n) is 1.43. The van der Waals surface area contributed by atoms with Crippen LogP contribution in [0.5, 0.6) is 0 Å². The standard InChI is InChI=1S/C12H14F2N2O2/c1-15-12(18)7-16(2)6-11(17)9-4-3-8(13)5-10(9)14/h3-5H,6-7H2,1-2H3,(H,15,18). The highest BCUT2D eigenvalue weighted by Gasteiger charge is 2.15. The highest BCUT2D eigenvalue weighted by molar-refractivity contribution is 5.98. The first-order chi connectivity index (χ1) is 8.43. The number of rotatable bonds is 5. The molecule has 4 nitrogen and oxygen atoms in total. The van der Waals surface area contributed by atoms with E-state index in [1.807, 2.05) is 0 Å². The maximum atomic E-state index is 13.3. The third kappa shape index (κ3) is 3.89. The molecule has 1 rings (SSSR count). The molecule has 1 N–H and O–H groups in total. The van der Waals surface area contributed by atoms with Crippen LogP contribution >= 0.6 is 0 Å². The van der Waals surface area contributed by atoms with Crippen molar-refractivity contribution in [1.29, 1.82) is 0 Å². The van der Waals surface area contributed by atoms with E-state index in [0.717, 1.165) is 12.1 Å². The molecule has 0 spiro atoms. The van der Waals surface area contributed by atoms with Crippen LogP contribution in [0.3, 0.4) is 0 Å². The molecule has 98 valence electrons. The fraction of sp³-hybridized carbons (Fsp3) is 0.333. The number of hydrogen-bond acceptors (Lipinski definition) is 3. The first-order valence-electron chi connectivity index (χ1n) is 5.31. The van der Waals surface area contributed by atoms with Crippen molar-refractivity contribution in [2.45, 2.75) is 0 Å². The molecule has 0 bridgehead atoms. The summed E-state index contributed by atoms with van der Waals surface area (Å²) in [5.74, 6) is -2.38. The van der Waals surface area contributed by atoms with Gasteiger partial charge in [-0.3, -0.25) is 14.5 Å². The second-order valence-electron chi connectivity index (χ2n) is 3.89. The van der Waals surface area contributed by atoms with Gasteiger partial charge in [0.25, 0.3) is 0 Å². The number of likely N-dealkylation sites (N-methyl/N-ethyl adjacent to an activating group) is 2. The maximum Gasteiger partial charge on any atom is 0.233 e. The van der Waals surface area contributed by atoms with Crippen molar-refractivity contribution in [3.8, 4) is 0 Å². The van der Waals surface area contributed by atoms with E-state index in [1.165, 1.54) is 11.9 Å². The van der Waals surface area contributed by atoms with Crippen LogP contribution in [0.4, 0.5) is 8.78 Å². The number of Topliss-reactive ketones (excluding diaryl/α,β-unsaturated/α-hetero) is 1. The van der Waals surface area contributed by atoms with Crippen LogP contribution in [0, 0.1) is 11.6 Å². The van der Waals surface area contributed by atoms with Gasteiger partial charge in [-0.1, -0.05) is 0 Å². The van der Waals surface area contributed by atoms with Gasteiger partial charge >= 0.3 is 0 Å². The predicted octanol–water partition coefficient (Wildman–Crippen LogP) is 0.825. The normalized spacial score (nSPS) is 10.5. The summed E-state index contributed by atoms with van der Waals surface area (Å²) in [6.45, 7) is -0.0823. The van der Waals surface area contributed by atoms with Gasteiger partial charge in [0.1, 0.15) is 11.6 Å². The zero-order chi connectivity index (χ0) is 13.7. The Kier molecular flexibility index (Phi) is 4.91. The molecule has 0 radical (unpaired) electrons. The van der Waals surface area contributed by atoms with E-state index >= 15 is 0 Å². The van der Waals surface area contributed by atoms with Crippen LogP contribution in [-0.4, -0.2) is 43.8 Å². The minimum Gasteiger partial charge on any atom is -0.358 e. The topological polar surface area (TPSA) is 49.4 Å². The van der Waals surface area contributed by atoms with Gasteiger partial charge in [0.2, 0.25) is 5.91 Å². The number of benzene rings is 1. The predicted molar refractivity (Wildman–Crippen MR) is 62.3 cm³/mol. The Balaban J connectivity index is 2.67. The molecule has 0 atom stereocenters. The average molecular weight is 256 g/mol. The summed E-state index contributed by atoms with van der Waals surface area (Å²) in [6.07, 6.45) is 0. The number of amides is 1. The van der Waals surface area contributed by atoms with Gasteiger partial charge in [-0.15, -0.1) is 0 Å². The molecule has 0 saturated carbocycles. The van der Waals surface area contributed by atoms with Crippen molar-refractivity contribution in [2.24, 2.45) is 0 Å². The summed E-state index contributed by atoms with van der Waals surface area (Å²) < 4.78 is 26.0. The minimum atomic E-state index is -0.895. The molecule has 1 aromatic rings. The molecule has 0 aliphatic heterocycles. The van der Waals surface area contributed by atoms with Crippen LogP contribution in [0.15, 0.2) is 18.2 Å². The van der Waals surface area contributed by atoms with Crippen LogP contribution in [-0.2, 0) is 4.79 Å². The SMILES string of the molecule is CNC(=O)CN(C)CC(=O)c1ccc(F)cc1F. The second-order valence-corrected chi connectivity index (χ2v) is 3.89. The van der Waals surface area contributed by atoms with Gasteiger partial charge in [0.05, 0.1) is 18.7 Å². The first-order valence-corrected chi connectivity index (χ1v) is 5.31. The lowest BCUT2D eigenvalue weighted by Gasteiger charge is -2.14. The minimum absolute atomic E-state index is 0.0328. The number of hydrogen-bond donors (Lipinski definition) is 1. The van der Waals surface area contributed by atoms with Crippen molar-refractivity contribution >= 4 is 11.7 Å². The van der Waals surface area contributed by atoms with Gasteiger partial charge in [-0.05, 0) is 19.2 Å². The third-order valence-corrected chi connectivity index (χ3v) is 2.34. The average Bonchev–Trinajstić information content (AvgIpc) is 2.28. The lowest BCUT2D eigenvalue weighted by Crippen LogP contribution is -2.36. The lowest BCUT2D eigenvalue weighted by molar-refractivity contribution is -0.121. The molecule has 6 heteroatoms. The summed E-state index contributed by atoms with van der Waals surface area (Å²) in [6, 6.07) is 2.78. The second kappa shape index (κ2) is 6.20. The fourth-order valence-corrected chi connectivity index (χ4v) is 1.43. The van der Waals surface area contributed by atoms with Crippen molar-refractivity contribution in [2.75, 3.05) is 27.2 Å². The van der Waals surface area contributed by atoms with Crippen molar-refractivity contribution in [3.63, 3.8) is 0 Å². The van der Waals surface area contributed by atoms with E-state index in [2.05, 4.69) is 5.32 Å². The molecular weight excluding hydrogens is 242 g/mol. The molecule has 0 saturated heterocycles. The highest BCUT2D eigenvalue weighted by Crippen LogP contribution is 2.10. The summed E-state index contributed by atoms with van der Waals surface area (Å²) in [4.78, 5) is 24.2. The van der Waals surface area contributed by atoms with E-state index < -0.39 is 17.4 Å². The Morgan fingerprint density at radius 2 is 1.94 bits per heavy atom. The monoisotopic (exact) mass is 256 g/mol. The number of halogens is 2. The van der Waals surface area contributed by atoms with E-state index in [1.54, 1.807) is 7.05 Å². The third-order valence-electron chi connectivity index (χ3n) is 2.34. The highest BCUT2D eigenvalue weighted by atomic mass is 19.1. The smallest absolute Gasteiger partial charge is 0.233 e. The van der Waals surface area contributed by atoms with Gasteiger partial charge in [-0.2, -0.15) is 0 Å². The van der Waals surface area contributed by atoms with Crippen LogP contribution in [0.1, 0.15) is 10.4 Å². The number of nitrogens with one attached hydrogen (secondary N) is 1. The van der Waals surface area contributed by atoms with E-state index in [9.17, 15) is 18.4 Å². The molecule has 1 amide bonds. The van der Waals surface area contributed by atoms with Crippen molar-refractivity contribution in [1.82, 2.24) is 10.2 Å². The molecule has 0 fully saturated rings. The van der Waals surface area contributed by atoms with E-state index in [0.29, 0.717) is 6.07 Å². The Bertz CT molecular complexity index is 463. The van der Waals surface area contributed by atoms with Crippen molar-refractivity contribution < 1.29 is 18.4 Å². The number of carbonyl (C=O) groups is 2. The van der Waals surface area contributed by atoms with Crippen LogP contribution < -0.4 is 5.32 Å². The Hall–Kier alpha value is -1.82. The quantitative estimate of drug-likeness (QED) is 0.794. The van der Waals surface area contributed by atoms with Gasteiger partial charge in [0.15, 0.2) is 5.78 Å². The summed E-state index contributed by atoms with van der Waals surface area (Å²) in [5, 5.41) is 2.41. The number of carbonyl (C=O) groups excluding carboxylic acids is 2. The molecule has 18 heavy (non-hydrogen) atoms. The molecule has 0 aliphatic rings. The van der Waals surface area contributed by atoms with E-state index in [-0.39, 0.29) is 24.6 Å². The number of ketones is 1. The molecule has 0 unspecified atom stereocenters. The molecule has 1 aromatic carbocycles. The molecule has 0 heterocycles. The Morgan fingerprint density at radius 1 is 1.28 bits per heavy atom. The maximum absolute atomic E-state index is 13.3. The summed E-state index contributed by atoms with van der Waals surface area (Å²) in [5.41, 5.74) is -0.180. The zero-order valence-corrected chi connectivity index (χ0v) is 10.2. The lowest BCUT2D eigenvalue weighted by atomic mass is 10.1. The van der Waals surface area contributed by atoms with Gasteiger partial charge in [-0.25, -0.2) is 8.78 Å².